The lowest BCUT2D eigenvalue weighted by Crippen LogP contribution is -2.03. The third-order valence-electron chi connectivity index (χ3n) is 1.54. The Bertz CT molecular complexity index is 179. The Hall–Kier alpha value is -1.14. The fourth-order valence-electron chi connectivity index (χ4n) is 0.896. The summed E-state index contributed by atoms with van der Waals surface area (Å²) in [5.74, 6) is -1.10. The predicted octanol–water partition coefficient (Wildman–Crippen LogP) is 1.06. The highest BCUT2D eigenvalue weighted by Crippen LogP contribution is 2.04. The molecule has 1 N–H and O–H groups in total. The van der Waals surface area contributed by atoms with Gasteiger partial charge in [-0.1, -0.05) is 6.42 Å². The van der Waals surface area contributed by atoms with E-state index in [1.165, 1.54) is 7.11 Å². The summed E-state index contributed by atoms with van der Waals surface area (Å²) in [6.45, 7) is 0. The van der Waals surface area contributed by atoms with E-state index in [4.69, 9.17) is 5.26 Å². The predicted molar refractivity (Wildman–Crippen MR) is 44.9 cm³/mol. The zero-order chi connectivity index (χ0) is 10.8. The van der Waals surface area contributed by atoms with Gasteiger partial charge in [-0.3, -0.25) is 4.89 Å². The first kappa shape index (κ1) is 12.9. The summed E-state index contributed by atoms with van der Waals surface area (Å²) in [6, 6.07) is 0. The monoisotopic (exact) mass is 206 g/mol. The van der Waals surface area contributed by atoms with Crippen molar-refractivity contribution >= 4 is 11.9 Å². The second kappa shape index (κ2) is 8.46. The van der Waals surface area contributed by atoms with Crippen LogP contribution in [0.15, 0.2) is 0 Å². The summed E-state index contributed by atoms with van der Waals surface area (Å²) >= 11 is 0. The highest BCUT2D eigenvalue weighted by molar-refractivity contribution is 5.69. The summed E-state index contributed by atoms with van der Waals surface area (Å²) in [7, 11) is 1.26. The van der Waals surface area contributed by atoms with Crippen molar-refractivity contribution in [1.82, 2.24) is 0 Å². The van der Waals surface area contributed by atoms with Gasteiger partial charge >= 0.3 is 11.9 Å². The minimum atomic E-state index is -0.663. The van der Waals surface area contributed by atoms with Crippen LogP contribution in [-0.4, -0.2) is 24.3 Å². The van der Waals surface area contributed by atoms with Crippen molar-refractivity contribution in [2.45, 2.75) is 32.1 Å². The van der Waals surface area contributed by atoms with Gasteiger partial charge in [-0.25, -0.2) is 9.59 Å². The van der Waals surface area contributed by atoms with E-state index in [1.54, 1.807) is 0 Å². The first-order valence-electron chi connectivity index (χ1n) is 4.28. The van der Waals surface area contributed by atoms with Gasteiger partial charge in [0.1, 0.15) is 0 Å². The van der Waals surface area contributed by atoms with Crippen molar-refractivity contribution in [3.8, 4) is 0 Å². The average Bonchev–Trinajstić information content (AvgIpc) is 2.17. The van der Waals surface area contributed by atoms with Gasteiger partial charge in [-0.2, -0.15) is 10.1 Å². The quantitative estimate of drug-likeness (QED) is 0.381. The van der Waals surface area contributed by atoms with Crippen LogP contribution >= 0.6 is 0 Å². The molecule has 0 atom stereocenters. The number of carbonyl (C=O) groups is 2. The molecule has 0 saturated carbocycles. The highest BCUT2D eigenvalue weighted by Gasteiger charge is 2.04. The van der Waals surface area contributed by atoms with Crippen LogP contribution < -0.4 is 0 Å². The molecule has 0 radical (unpaired) electrons. The molecular weight excluding hydrogens is 192 g/mol. The third-order valence-corrected chi connectivity index (χ3v) is 1.54. The molecule has 0 saturated heterocycles. The van der Waals surface area contributed by atoms with Gasteiger partial charge in [0.2, 0.25) is 0 Å². The van der Waals surface area contributed by atoms with Crippen LogP contribution in [0.25, 0.3) is 0 Å². The summed E-state index contributed by atoms with van der Waals surface area (Å²) in [4.78, 5) is 33.0. The van der Waals surface area contributed by atoms with Crippen LogP contribution in [0.4, 0.5) is 0 Å². The highest BCUT2D eigenvalue weighted by atomic mass is 17.2. The Morgan fingerprint density at radius 2 is 1.64 bits per heavy atom. The van der Waals surface area contributed by atoms with Crippen LogP contribution in [0.1, 0.15) is 32.1 Å². The van der Waals surface area contributed by atoms with Crippen molar-refractivity contribution in [2.24, 2.45) is 0 Å². The van der Waals surface area contributed by atoms with Gasteiger partial charge in [-0.15, -0.1) is 0 Å². The second-order valence-corrected chi connectivity index (χ2v) is 2.65. The Kier molecular flexibility index (Phi) is 7.77. The molecule has 0 amide bonds. The number of hydrogen-bond acceptors (Lipinski definition) is 6. The Labute approximate surface area is 81.6 Å². The molecule has 0 aromatic heterocycles. The first-order chi connectivity index (χ1) is 6.70. The van der Waals surface area contributed by atoms with Crippen LogP contribution in [0, 0.1) is 0 Å². The maximum Gasteiger partial charge on any atom is 0.342 e. The molecule has 0 bridgehead atoms. The number of hydrogen-bond donors (Lipinski definition) is 1. The lowest BCUT2D eigenvalue weighted by molar-refractivity contribution is -0.255. The molecule has 0 rings (SSSR count). The fourth-order valence-corrected chi connectivity index (χ4v) is 0.896. The largest absolute Gasteiger partial charge is 0.342 e. The molecule has 6 heteroatoms. The van der Waals surface area contributed by atoms with Gasteiger partial charge in [-0.05, 0) is 12.8 Å². The zero-order valence-corrected chi connectivity index (χ0v) is 8.02. The summed E-state index contributed by atoms with van der Waals surface area (Å²) < 4.78 is 0. The van der Waals surface area contributed by atoms with Gasteiger partial charge in [0, 0.05) is 12.8 Å². The van der Waals surface area contributed by atoms with E-state index in [-0.39, 0.29) is 12.8 Å². The molecule has 6 nitrogen and oxygen atoms in total. The normalized spacial score (nSPS) is 9.57. The van der Waals surface area contributed by atoms with Gasteiger partial charge in [0.15, 0.2) is 0 Å². The average molecular weight is 206 g/mol. The maximum atomic E-state index is 10.7. The lowest BCUT2D eigenvalue weighted by atomic mass is 10.1. The van der Waals surface area contributed by atoms with E-state index in [0.717, 1.165) is 0 Å². The first-order valence-corrected chi connectivity index (χ1v) is 4.28. The summed E-state index contributed by atoms with van der Waals surface area (Å²) in [5.41, 5.74) is 0. The molecule has 0 spiro atoms. The standard InChI is InChI=1S/C8H14O6/c1-12-14-8(10)6-4-2-3-5-7(9)13-11/h11H,2-6H2,1H3. The topological polar surface area (TPSA) is 82.1 Å². The smallest absolute Gasteiger partial charge is 0.301 e. The Morgan fingerprint density at radius 3 is 2.14 bits per heavy atom. The molecule has 0 unspecified atom stereocenters. The van der Waals surface area contributed by atoms with Crippen molar-refractivity contribution in [3.05, 3.63) is 0 Å². The SMILES string of the molecule is COOC(=O)CCCCCC(=O)OO. The van der Waals surface area contributed by atoms with Crippen molar-refractivity contribution in [2.75, 3.05) is 7.11 Å². The molecule has 82 valence electrons. The molecular formula is C8H14O6. The van der Waals surface area contributed by atoms with E-state index in [1.807, 2.05) is 0 Å². The Balaban J connectivity index is 3.21. The van der Waals surface area contributed by atoms with E-state index in [0.29, 0.717) is 19.3 Å². The molecule has 0 aliphatic rings. The van der Waals surface area contributed by atoms with E-state index in [9.17, 15) is 9.59 Å². The van der Waals surface area contributed by atoms with Gasteiger partial charge in [0.25, 0.3) is 0 Å². The number of unbranched alkanes of at least 4 members (excludes halogenated alkanes) is 2. The van der Waals surface area contributed by atoms with Crippen LogP contribution in [0.3, 0.4) is 0 Å². The third kappa shape index (κ3) is 7.51. The molecule has 0 aliphatic heterocycles. The summed E-state index contributed by atoms with van der Waals surface area (Å²) in [6.07, 6.45) is 2.27. The van der Waals surface area contributed by atoms with E-state index in [2.05, 4.69) is 14.7 Å². The van der Waals surface area contributed by atoms with Crippen molar-refractivity contribution in [1.29, 1.82) is 0 Å². The number of carbonyl (C=O) groups excluding carboxylic acids is 2. The van der Waals surface area contributed by atoms with Gasteiger partial charge in [0.05, 0.1) is 7.11 Å². The lowest BCUT2D eigenvalue weighted by Gasteiger charge is -1.99. The molecule has 0 heterocycles. The molecule has 0 fully saturated rings. The summed E-state index contributed by atoms with van der Waals surface area (Å²) in [5, 5.41) is 7.91. The zero-order valence-electron chi connectivity index (χ0n) is 8.02. The minimum Gasteiger partial charge on any atom is -0.301 e. The van der Waals surface area contributed by atoms with Crippen molar-refractivity contribution < 1.29 is 29.5 Å². The van der Waals surface area contributed by atoms with E-state index >= 15 is 0 Å². The van der Waals surface area contributed by atoms with Crippen LogP contribution in [0.5, 0.6) is 0 Å². The molecule has 14 heavy (non-hydrogen) atoms. The minimum absolute atomic E-state index is 0.149. The molecule has 0 aromatic rings. The molecule has 0 aliphatic carbocycles. The maximum absolute atomic E-state index is 10.7. The van der Waals surface area contributed by atoms with Crippen molar-refractivity contribution in [3.63, 3.8) is 0 Å². The van der Waals surface area contributed by atoms with Gasteiger partial charge < -0.3 is 4.89 Å². The Morgan fingerprint density at radius 1 is 1.07 bits per heavy atom. The van der Waals surface area contributed by atoms with E-state index < -0.39 is 11.9 Å². The second-order valence-electron chi connectivity index (χ2n) is 2.65. The van der Waals surface area contributed by atoms with Crippen LogP contribution in [-0.2, 0) is 24.3 Å². The van der Waals surface area contributed by atoms with Crippen LogP contribution in [0.2, 0.25) is 0 Å². The fraction of sp³-hybridized carbons (Fsp3) is 0.750. The number of rotatable bonds is 7. The molecule has 0 aromatic carbocycles.